The lowest BCUT2D eigenvalue weighted by molar-refractivity contribution is 0.00285. The van der Waals surface area contributed by atoms with E-state index in [1.54, 1.807) is 0 Å². The molecule has 6 heteroatoms. The van der Waals surface area contributed by atoms with Crippen molar-refractivity contribution in [3.63, 3.8) is 0 Å². The van der Waals surface area contributed by atoms with Gasteiger partial charge in [0.25, 0.3) is 0 Å². The molecule has 4 nitrogen and oxygen atoms in total. The van der Waals surface area contributed by atoms with Gasteiger partial charge >= 0.3 is 0 Å². The van der Waals surface area contributed by atoms with Crippen molar-refractivity contribution in [1.29, 1.82) is 0 Å². The maximum atomic E-state index is 6.69. The van der Waals surface area contributed by atoms with Gasteiger partial charge in [0, 0.05) is 34.1 Å². The largest absolute Gasteiger partial charge is 0.467 e. The average molecular weight is 764 g/mol. The molecule has 0 N–H and O–H groups in total. The summed E-state index contributed by atoms with van der Waals surface area (Å²) in [5.41, 5.74) is 7.63. The van der Waals surface area contributed by atoms with E-state index in [4.69, 9.17) is 14.2 Å². The van der Waals surface area contributed by atoms with Crippen molar-refractivity contribution in [3.8, 4) is 5.75 Å². The van der Waals surface area contributed by atoms with Crippen LogP contribution in [0, 0.1) is 6.92 Å². The van der Waals surface area contributed by atoms with Crippen LogP contribution in [0.25, 0.3) is 0 Å². The number of nitrogens with zero attached hydrogens (tertiary/aromatic N) is 1. The predicted molar refractivity (Wildman–Crippen MR) is 232 cm³/mol. The van der Waals surface area contributed by atoms with Gasteiger partial charge in [-0.05, 0) is 108 Å². The first-order valence-corrected chi connectivity index (χ1v) is 21.4. The number of hydrogen-bond donors (Lipinski definition) is 0. The fraction of sp³-hybridized carbons (Fsp3) is 0.617. The molecule has 3 rings (SSSR count). The van der Waals surface area contributed by atoms with E-state index in [-0.39, 0.29) is 32.5 Å². The van der Waals surface area contributed by atoms with Crippen molar-refractivity contribution < 1.29 is 14.2 Å². The van der Waals surface area contributed by atoms with Gasteiger partial charge in [-0.3, -0.25) is 0 Å². The third kappa shape index (κ3) is 13.6. The molecule has 0 saturated heterocycles. The molecule has 3 aromatic carbocycles. The quantitative estimate of drug-likeness (QED) is 0.0728. The molecule has 0 atom stereocenters. The molecule has 0 aliphatic rings. The highest BCUT2D eigenvalue weighted by Crippen LogP contribution is 2.50. The molecule has 0 bridgehead atoms. The molecule has 0 spiro atoms. The minimum Gasteiger partial charge on any atom is -0.467 e. The molecule has 0 saturated carbocycles. The summed E-state index contributed by atoms with van der Waals surface area (Å²) >= 11 is 3.91. The lowest BCUT2D eigenvalue weighted by Crippen LogP contribution is -2.28. The summed E-state index contributed by atoms with van der Waals surface area (Å²) in [6.07, 6.45) is 0.886. The van der Waals surface area contributed by atoms with Crippen LogP contribution in [0.1, 0.15) is 144 Å². The molecule has 0 fully saturated rings. The molecular weight excluding hydrogens is 691 g/mol. The first kappa shape index (κ1) is 45.4. The highest BCUT2D eigenvalue weighted by atomic mass is 32.2. The molecule has 0 aliphatic heterocycles. The summed E-state index contributed by atoms with van der Waals surface area (Å²) in [6, 6.07) is 19.9. The van der Waals surface area contributed by atoms with Crippen LogP contribution in [0.4, 0.5) is 0 Å². The van der Waals surface area contributed by atoms with E-state index in [2.05, 4.69) is 152 Å². The first-order chi connectivity index (χ1) is 24.5. The fourth-order valence-electron chi connectivity index (χ4n) is 6.90. The molecule has 296 valence electrons. The molecule has 3 aromatic rings. The van der Waals surface area contributed by atoms with Crippen LogP contribution in [0.2, 0.25) is 0 Å². The molecule has 0 aromatic heterocycles. The molecule has 0 amide bonds. The minimum absolute atomic E-state index is 0.0653. The maximum absolute atomic E-state index is 6.69. The number of likely N-dealkylation sites (N-methyl/N-ethyl adjacent to an activating group) is 1. The molecule has 0 unspecified atom stereocenters. The summed E-state index contributed by atoms with van der Waals surface area (Å²) in [7, 11) is 0. The van der Waals surface area contributed by atoms with Crippen molar-refractivity contribution in [1.82, 2.24) is 4.90 Å². The number of hydrogen-bond acceptors (Lipinski definition) is 6. The average Bonchev–Trinajstić information content (AvgIpc) is 3.04. The Labute approximate surface area is 333 Å². The zero-order valence-electron chi connectivity index (χ0n) is 36.3. The zero-order chi connectivity index (χ0) is 39.8. The van der Waals surface area contributed by atoms with Gasteiger partial charge in [-0.25, -0.2) is 0 Å². The van der Waals surface area contributed by atoms with E-state index in [1.165, 1.54) is 37.6 Å². The Hall–Kier alpha value is -1.96. The molecule has 0 radical (unpaired) electrons. The van der Waals surface area contributed by atoms with Crippen LogP contribution in [0.3, 0.4) is 0 Å². The van der Waals surface area contributed by atoms with Crippen LogP contribution in [-0.2, 0) is 37.7 Å². The van der Waals surface area contributed by atoms with Gasteiger partial charge in [0.2, 0.25) is 0 Å². The number of rotatable bonds is 18. The van der Waals surface area contributed by atoms with Crippen molar-refractivity contribution >= 4 is 23.5 Å². The Morgan fingerprint density at radius 2 is 1.09 bits per heavy atom. The van der Waals surface area contributed by atoms with E-state index in [0.717, 1.165) is 44.0 Å². The summed E-state index contributed by atoms with van der Waals surface area (Å²) in [6.45, 7) is 42.2. The Bertz CT molecular complexity index is 1550. The molecule has 53 heavy (non-hydrogen) atoms. The first-order valence-electron chi connectivity index (χ1n) is 19.8. The van der Waals surface area contributed by atoms with E-state index in [1.807, 2.05) is 41.7 Å². The summed E-state index contributed by atoms with van der Waals surface area (Å²) in [5, 5.41) is 0. The smallest absolute Gasteiger partial charge is 0.189 e. The van der Waals surface area contributed by atoms with E-state index < -0.39 is 0 Å². The van der Waals surface area contributed by atoms with Crippen molar-refractivity contribution in [3.05, 3.63) is 88.0 Å². The van der Waals surface area contributed by atoms with Crippen LogP contribution >= 0.6 is 23.5 Å². The summed E-state index contributed by atoms with van der Waals surface area (Å²) in [5.74, 6) is 0.941. The van der Waals surface area contributed by atoms with Gasteiger partial charge in [0.05, 0.1) is 17.3 Å². The molecule has 0 heterocycles. The van der Waals surface area contributed by atoms with Crippen LogP contribution in [0.15, 0.2) is 64.4 Å². The van der Waals surface area contributed by atoms with E-state index in [9.17, 15) is 0 Å². The molecular formula is C47H73NO3S2. The Morgan fingerprint density at radius 1 is 0.604 bits per heavy atom. The number of ether oxygens (including phenoxy) is 3. The van der Waals surface area contributed by atoms with Crippen molar-refractivity contribution in [2.45, 2.75) is 159 Å². The SMILES string of the molecule is CCN(CC)CCOCCC(C)(C)c1cc(SC(C)(C)Sc2cc(C(C)(C)C)c(C)c(C(C)(C)C)c2)cc(C(C)(C)C)c1OCOCc1ccccc1. The Balaban J connectivity index is 2.01. The van der Waals surface area contributed by atoms with Gasteiger partial charge in [-0.15, -0.1) is 23.5 Å². The van der Waals surface area contributed by atoms with Crippen molar-refractivity contribution in [2.24, 2.45) is 0 Å². The third-order valence-electron chi connectivity index (χ3n) is 10.0. The Morgan fingerprint density at radius 3 is 1.58 bits per heavy atom. The van der Waals surface area contributed by atoms with Gasteiger partial charge in [-0.1, -0.05) is 120 Å². The van der Waals surface area contributed by atoms with Crippen molar-refractivity contribution in [2.75, 3.05) is 39.6 Å². The number of benzene rings is 3. The summed E-state index contributed by atoms with van der Waals surface area (Å²) in [4.78, 5) is 5.00. The van der Waals surface area contributed by atoms with Gasteiger partial charge < -0.3 is 19.1 Å². The highest BCUT2D eigenvalue weighted by molar-refractivity contribution is 8.18. The van der Waals surface area contributed by atoms with Crippen LogP contribution < -0.4 is 4.74 Å². The summed E-state index contributed by atoms with van der Waals surface area (Å²) < 4.78 is 18.9. The highest BCUT2D eigenvalue weighted by Gasteiger charge is 2.33. The van der Waals surface area contributed by atoms with Gasteiger partial charge in [0.15, 0.2) is 6.79 Å². The zero-order valence-corrected chi connectivity index (χ0v) is 38.0. The standard InChI is InChI=1S/C47H73NO3S2/c1-17-48(18-2)25-27-49-26-24-46(13,14)41-31-37(30-40(45(10,11)12)42(41)51-33-50-32-35-22-20-19-21-23-35)53-47(15,16)52-36-28-38(43(4,5)6)34(3)39(29-36)44(7,8)9/h19-23,28-31H,17-18,24-27,32-33H2,1-16H3. The lowest BCUT2D eigenvalue weighted by Gasteiger charge is -2.34. The second kappa shape index (κ2) is 18.8. The Kier molecular flexibility index (Phi) is 16.1. The maximum Gasteiger partial charge on any atom is 0.189 e. The predicted octanol–water partition coefficient (Wildman–Crippen LogP) is 13.1. The monoisotopic (exact) mass is 764 g/mol. The normalized spacial score (nSPS) is 13.2. The lowest BCUT2D eigenvalue weighted by atomic mass is 9.77. The van der Waals surface area contributed by atoms with Crippen LogP contribution in [-0.4, -0.2) is 48.6 Å². The van der Waals surface area contributed by atoms with Gasteiger partial charge in [0.1, 0.15) is 5.75 Å². The number of thioether (sulfide) groups is 2. The second-order valence-corrected chi connectivity index (χ2v) is 22.4. The van der Waals surface area contributed by atoms with Gasteiger partial charge in [-0.2, -0.15) is 0 Å². The minimum atomic E-state index is -0.196. The topological polar surface area (TPSA) is 30.9 Å². The molecule has 0 aliphatic carbocycles. The van der Waals surface area contributed by atoms with E-state index in [0.29, 0.717) is 13.2 Å². The fourth-order valence-corrected chi connectivity index (χ4v) is 9.49. The second-order valence-electron chi connectivity index (χ2n) is 18.7. The van der Waals surface area contributed by atoms with Crippen LogP contribution in [0.5, 0.6) is 5.75 Å². The van der Waals surface area contributed by atoms with E-state index >= 15 is 0 Å². The third-order valence-corrected chi connectivity index (χ3v) is 12.5.